The largest absolute Gasteiger partial charge is 0.357 e. The van der Waals surface area contributed by atoms with E-state index in [0.29, 0.717) is 18.1 Å². The van der Waals surface area contributed by atoms with Crippen LogP contribution in [0.15, 0.2) is 36.5 Å². The van der Waals surface area contributed by atoms with Crippen molar-refractivity contribution in [1.29, 1.82) is 0 Å². The van der Waals surface area contributed by atoms with Gasteiger partial charge in [0.05, 0.1) is 0 Å². The zero-order valence-corrected chi connectivity index (χ0v) is 10.4. The standard InChI is InChI=1S/C13H15FN4/c1-15-13-16-8-7-12(17-13)18(2)9-10-5-3-4-6-11(10)14/h3-8H,9H2,1-2H3,(H,15,16,17). The number of benzene rings is 1. The van der Waals surface area contributed by atoms with Crippen LogP contribution in [0.1, 0.15) is 5.56 Å². The van der Waals surface area contributed by atoms with Crippen molar-refractivity contribution in [3.63, 3.8) is 0 Å². The van der Waals surface area contributed by atoms with E-state index in [1.807, 2.05) is 18.0 Å². The summed E-state index contributed by atoms with van der Waals surface area (Å²) in [4.78, 5) is 10.2. The van der Waals surface area contributed by atoms with Gasteiger partial charge in [0.2, 0.25) is 5.95 Å². The van der Waals surface area contributed by atoms with Crippen molar-refractivity contribution in [1.82, 2.24) is 9.97 Å². The van der Waals surface area contributed by atoms with Gasteiger partial charge in [-0.3, -0.25) is 0 Å². The Labute approximate surface area is 105 Å². The minimum atomic E-state index is -0.202. The maximum absolute atomic E-state index is 13.5. The van der Waals surface area contributed by atoms with Gasteiger partial charge in [-0.2, -0.15) is 4.98 Å². The number of hydrogen-bond donors (Lipinski definition) is 1. The molecular formula is C13H15FN4. The van der Waals surface area contributed by atoms with E-state index in [9.17, 15) is 4.39 Å². The average Bonchev–Trinajstić information content (AvgIpc) is 2.41. The van der Waals surface area contributed by atoms with E-state index in [0.717, 1.165) is 5.82 Å². The van der Waals surface area contributed by atoms with E-state index >= 15 is 0 Å². The van der Waals surface area contributed by atoms with E-state index in [1.165, 1.54) is 6.07 Å². The van der Waals surface area contributed by atoms with Crippen LogP contribution in [0.4, 0.5) is 16.2 Å². The van der Waals surface area contributed by atoms with Gasteiger partial charge in [-0.25, -0.2) is 9.37 Å². The van der Waals surface area contributed by atoms with Crippen molar-refractivity contribution >= 4 is 11.8 Å². The van der Waals surface area contributed by atoms with Gasteiger partial charge >= 0.3 is 0 Å². The summed E-state index contributed by atoms with van der Waals surface area (Å²) in [6.07, 6.45) is 1.67. The molecule has 1 N–H and O–H groups in total. The van der Waals surface area contributed by atoms with Gasteiger partial charge in [0.25, 0.3) is 0 Å². The van der Waals surface area contributed by atoms with Crippen LogP contribution in [-0.2, 0) is 6.54 Å². The van der Waals surface area contributed by atoms with Crippen LogP contribution in [0.2, 0.25) is 0 Å². The number of hydrogen-bond acceptors (Lipinski definition) is 4. The zero-order valence-electron chi connectivity index (χ0n) is 10.4. The fraction of sp³-hybridized carbons (Fsp3) is 0.231. The molecule has 0 fully saturated rings. The summed E-state index contributed by atoms with van der Waals surface area (Å²) in [5.41, 5.74) is 0.643. The molecule has 0 spiro atoms. The van der Waals surface area contributed by atoms with Crippen molar-refractivity contribution < 1.29 is 4.39 Å². The smallest absolute Gasteiger partial charge is 0.224 e. The molecule has 2 aromatic rings. The van der Waals surface area contributed by atoms with Crippen LogP contribution < -0.4 is 10.2 Å². The molecule has 4 nitrogen and oxygen atoms in total. The molecule has 5 heteroatoms. The molecule has 0 aliphatic heterocycles. The number of nitrogens with zero attached hydrogens (tertiary/aromatic N) is 3. The van der Waals surface area contributed by atoms with Crippen LogP contribution in [0.25, 0.3) is 0 Å². The molecule has 1 aromatic heterocycles. The summed E-state index contributed by atoms with van der Waals surface area (Å²) in [5, 5.41) is 2.87. The normalized spacial score (nSPS) is 10.2. The molecule has 1 heterocycles. The van der Waals surface area contributed by atoms with Gasteiger partial charge in [0.15, 0.2) is 0 Å². The number of aromatic nitrogens is 2. The Morgan fingerprint density at radius 2 is 2.06 bits per heavy atom. The van der Waals surface area contributed by atoms with Gasteiger partial charge in [-0.1, -0.05) is 18.2 Å². The van der Waals surface area contributed by atoms with E-state index in [4.69, 9.17) is 0 Å². The van der Waals surface area contributed by atoms with Crippen LogP contribution in [-0.4, -0.2) is 24.1 Å². The highest BCUT2D eigenvalue weighted by Crippen LogP contribution is 2.15. The molecule has 0 bridgehead atoms. The predicted octanol–water partition coefficient (Wildman–Crippen LogP) is 2.29. The maximum atomic E-state index is 13.5. The van der Waals surface area contributed by atoms with Crippen molar-refractivity contribution in [2.45, 2.75) is 6.54 Å². The first kappa shape index (κ1) is 12.3. The molecule has 18 heavy (non-hydrogen) atoms. The van der Waals surface area contributed by atoms with Gasteiger partial charge in [-0.05, 0) is 12.1 Å². The minimum Gasteiger partial charge on any atom is -0.357 e. The maximum Gasteiger partial charge on any atom is 0.224 e. The van der Waals surface area contributed by atoms with Crippen LogP contribution in [0.5, 0.6) is 0 Å². The first-order chi connectivity index (χ1) is 8.70. The second-order valence-corrected chi connectivity index (χ2v) is 3.94. The van der Waals surface area contributed by atoms with Gasteiger partial charge in [-0.15, -0.1) is 0 Å². The summed E-state index contributed by atoms with van der Waals surface area (Å²) < 4.78 is 13.5. The first-order valence-electron chi connectivity index (χ1n) is 5.66. The summed E-state index contributed by atoms with van der Waals surface area (Å²) in [6.45, 7) is 0.465. The lowest BCUT2D eigenvalue weighted by Crippen LogP contribution is -2.19. The van der Waals surface area contributed by atoms with Crippen LogP contribution in [0, 0.1) is 5.82 Å². The third kappa shape index (κ3) is 2.74. The fourth-order valence-electron chi connectivity index (χ4n) is 1.65. The summed E-state index contributed by atoms with van der Waals surface area (Å²) in [7, 11) is 3.63. The van der Waals surface area contributed by atoms with Gasteiger partial charge in [0, 0.05) is 32.4 Å². The molecule has 2 rings (SSSR count). The van der Waals surface area contributed by atoms with Crippen molar-refractivity contribution in [3.05, 3.63) is 47.9 Å². The van der Waals surface area contributed by atoms with E-state index in [2.05, 4.69) is 15.3 Å². The highest BCUT2D eigenvalue weighted by atomic mass is 19.1. The van der Waals surface area contributed by atoms with Crippen molar-refractivity contribution in [3.8, 4) is 0 Å². The zero-order chi connectivity index (χ0) is 13.0. The van der Waals surface area contributed by atoms with E-state index in [-0.39, 0.29) is 5.82 Å². The Hall–Kier alpha value is -2.17. The molecule has 0 radical (unpaired) electrons. The summed E-state index contributed by atoms with van der Waals surface area (Å²) >= 11 is 0. The highest BCUT2D eigenvalue weighted by molar-refractivity contribution is 5.42. The molecular weight excluding hydrogens is 231 g/mol. The lowest BCUT2D eigenvalue weighted by Gasteiger charge is -2.18. The minimum absolute atomic E-state index is 0.202. The fourth-order valence-corrected chi connectivity index (χ4v) is 1.65. The molecule has 0 aliphatic rings. The predicted molar refractivity (Wildman–Crippen MR) is 70.1 cm³/mol. The Bertz CT molecular complexity index is 530. The number of nitrogens with one attached hydrogen (secondary N) is 1. The lowest BCUT2D eigenvalue weighted by molar-refractivity contribution is 0.607. The third-order valence-electron chi connectivity index (χ3n) is 2.62. The van der Waals surface area contributed by atoms with Gasteiger partial charge < -0.3 is 10.2 Å². The molecule has 0 unspecified atom stereocenters. The first-order valence-corrected chi connectivity index (χ1v) is 5.66. The molecule has 0 saturated carbocycles. The average molecular weight is 246 g/mol. The van der Waals surface area contributed by atoms with Crippen LogP contribution >= 0.6 is 0 Å². The third-order valence-corrected chi connectivity index (χ3v) is 2.62. The molecule has 94 valence electrons. The Morgan fingerprint density at radius 3 is 2.78 bits per heavy atom. The molecule has 0 aliphatic carbocycles. The number of rotatable bonds is 4. The Morgan fingerprint density at radius 1 is 1.28 bits per heavy atom. The molecule has 0 amide bonds. The SMILES string of the molecule is CNc1nccc(N(C)Cc2ccccc2F)n1. The summed E-state index contributed by atoms with van der Waals surface area (Å²) in [5.74, 6) is 1.10. The van der Waals surface area contributed by atoms with Crippen molar-refractivity contribution in [2.24, 2.45) is 0 Å². The van der Waals surface area contributed by atoms with Crippen molar-refractivity contribution in [2.75, 3.05) is 24.3 Å². The second kappa shape index (κ2) is 5.44. The second-order valence-electron chi connectivity index (χ2n) is 3.94. The monoisotopic (exact) mass is 246 g/mol. The number of halogens is 1. The molecule has 0 saturated heterocycles. The van der Waals surface area contributed by atoms with Crippen LogP contribution in [0.3, 0.4) is 0 Å². The summed E-state index contributed by atoms with van der Waals surface area (Å²) in [6, 6.07) is 8.53. The lowest BCUT2D eigenvalue weighted by atomic mass is 10.2. The topological polar surface area (TPSA) is 41.1 Å². The Kier molecular flexibility index (Phi) is 3.72. The van der Waals surface area contributed by atoms with E-state index in [1.54, 1.807) is 31.4 Å². The highest BCUT2D eigenvalue weighted by Gasteiger charge is 2.07. The molecule has 0 atom stereocenters. The van der Waals surface area contributed by atoms with Gasteiger partial charge in [0.1, 0.15) is 11.6 Å². The van der Waals surface area contributed by atoms with E-state index < -0.39 is 0 Å². The number of anilines is 2. The Balaban J connectivity index is 2.16. The quantitative estimate of drug-likeness (QED) is 0.898. The molecule has 1 aromatic carbocycles.